The standard InChI is InChI=1S/C38H33IN4O/c1-20-7-9-24(10-8-20)33-26-13-14-29(41-26)34(32-22(3)17-21(2)18-23(32)4)28-12-11-25(40-28)19-31-37(44)38(5,6)36(43-31)35(39)30-16-15-27(33)42-30/h7-19,40,44H,1-6H3. The van der Waals surface area contributed by atoms with Crippen molar-refractivity contribution in [2.24, 2.45) is 20.4 Å². The van der Waals surface area contributed by atoms with E-state index in [4.69, 9.17) is 15.0 Å². The zero-order valence-corrected chi connectivity index (χ0v) is 27.8. The summed E-state index contributed by atoms with van der Waals surface area (Å²) < 4.78 is 0.911. The van der Waals surface area contributed by atoms with Crippen LogP contribution >= 0.6 is 22.6 Å². The normalized spacial score (nSPS) is 18.7. The van der Waals surface area contributed by atoms with Crippen LogP contribution in [0.4, 0.5) is 0 Å². The second kappa shape index (κ2) is 10.4. The number of rotatable bonds is 2. The number of hydrogen-bond donors (Lipinski definition) is 2. The van der Waals surface area contributed by atoms with Gasteiger partial charge in [-0.2, -0.15) is 0 Å². The minimum atomic E-state index is -0.663. The smallest absolute Gasteiger partial charge is 0.129 e. The van der Waals surface area contributed by atoms with Crippen LogP contribution in [0, 0.1) is 33.1 Å². The number of fused-ring (bicyclic) bond motifs is 5. The van der Waals surface area contributed by atoms with E-state index in [1.807, 2.05) is 32.1 Å². The van der Waals surface area contributed by atoms with Gasteiger partial charge in [-0.25, -0.2) is 15.0 Å². The zero-order valence-electron chi connectivity index (χ0n) is 25.7. The average Bonchev–Trinajstić information content (AvgIpc) is 3.77. The highest BCUT2D eigenvalue weighted by atomic mass is 127. The lowest BCUT2D eigenvalue weighted by molar-refractivity contribution is 0.320. The van der Waals surface area contributed by atoms with Crippen molar-refractivity contribution in [2.75, 3.05) is 0 Å². The maximum absolute atomic E-state index is 11.4. The predicted octanol–water partition coefficient (Wildman–Crippen LogP) is 7.57. The lowest BCUT2D eigenvalue weighted by Gasteiger charge is -2.21. The molecular formula is C38H33IN4O. The molecule has 3 aromatic rings. The van der Waals surface area contributed by atoms with Crippen molar-refractivity contribution < 1.29 is 5.11 Å². The highest BCUT2D eigenvalue weighted by molar-refractivity contribution is 14.1. The van der Waals surface area contributed by atoms with Gasteiger partial charge in [0.05, 0.1) is 37.5 Å². The minimum Gasteiger partial charge on any atom is -0.509 e. The van der Waals surface area contributed by atoms with E-state index in [1.165, 1.54) is 22.3 Å². The van der Waals surface area contributed by atoms with Gasteiger partial charge in [-0.1, -0.05) is 47.5 Å². The van der Waals surface area contributed by atoms with Gasteiger partial charge < -0.3 is 10.1 Å². The number of aryl methyl sites for hydroxylation is 4. The molecule has 0 fully saturated rings. The van der Waals surface area contributed by atoms with Gasteiger partial charge in [-0.3, -0.25) is 0 Å². The zero-order chi connectivity index (χ0) is 30.9. The van der Waals surface area contributed by atoms with E-state index in [0.717, 1.165) is 65.1 Å². The first-order valence-corrected chi connectivity index (χ1v) is 15.9. The van der Waals surface area contributed by atoms with Crippen molar-refractivity contribution in [3.8, 4) is 0 Å². The van der Waals surface area contributed by atoms with E-state index in [2.05, 4.69) is 116 Å². The largest absolute Gasteiger partial charge is 0.509 e. The molecular weight excluding hydrogens is 655 g/mol. The fourth-order valence-corrected chi connectivity index (χ4v) is 7.56. The third-order valence-corrected chi connectivity index (χ3v) is 9.74. The quantitative estimate of drug-likeness (QED) is 0.268. The van der Waals surface area contributed by atoms with Gasteiger partial charge in [0.2, 0.25) is 0 Å². The topological polar surface area (TPSA) is 73.1 Å². The molecule has 5 heterocycles. The molecule has 0 saturated carbocycles. The Morgan fingerprint density at radius 3 is 2.05 bits per heavy atom. The molecule has 1 aromatic heterocycles. The summed E-state index contributed by atoms with van der Waals surface area (Å²) in [6, 6.07) is 17.1. The molecule has 7 rings (SSSR count). The molecule has 0 spiro atoms. The number of aromatic nitrogens is 1. The number of nitrogens with zero attached hydrogens (tertiary/aromatic N) is 3. The molecule has 0 saturated heterocycles. The average molecular weight is 689 g/mol. The maximum Gasteiger partial charge on any atom is 0.129 e. The Morgan fingerprint density at radius 2 is 1.34 bits per heavy atom. The molecule has 0 atom stereocenters. The maximum atomic E-state index is 11.4. The minimum absolute atomic E-state index is 0.247. The van der Waals surface area contributed by atoms with Crippen LogP contribution in [0.2, 0.25) is 0 Å². The summed E-state index contributed by atoms with van der Waals surface area (Å²) in [6.45, 7) is 12.6. The van der Waals surface area contributed by atoms with Crippen molar-refractivity contribution >= 4 is 56.9 Å². The van der Waals surface area contributed by atoms with Gasteiger partial charge in [0.1, 0.15) is 11.5 Å². The van der Waals surface area contributed by atoms with Crippen LogP contribution in [0.25, 0.3) is 17.2 Å². The number of allylic oxidation sites excluding steroid dienone is 8. The molecule has 4 aliphatic heterocycles. The fraction of sp³-hybridized carbons (Fsp3) is 0.184. The number of hydrogen-bond acceptors (Lipinski definition) is 4. The SMILES string of the molecule is Cc1ccc(C2=C3C=CC(=N3)C(c3c(C)cc(C)cc3C)=c3ccc([nH]3)=CC3=C(O)C(C)(C)C(=N3)C(I)=C3C=CC2=N3)cc1. The lowest BCUT2D eigenvalue weighted by atomic mass is 9.86. The molecule has 0 unspecified atom stereocenters. The number of aliphatic imine (C=N–C) groups is 3. The molecule has 2 aromatic carbocycles. The first kappa shape index (κ1) is 28.5. The van der Waals surface area contributed by atoms with E-state index < -0.39 is 5.41 Å². The fourth-order valence-electron chi connectivity index (χ4n) is 6.47. The van der Waals surface area contributed by atoms with Crippen molar-refractivity contribution in [2.45, 2.75) is 41.5 Å². The molecule has 8 bridgehead atoms. The van der Waals surface area contributed by atoms with Crippen molar-refractivity contribution in [3.05, 3.63) is 143 Å². The molecule has 44 heavy (non-hydrogen) atoms. The number of halogens is 1. The lowest BCUT2D eigenvalue weighted by Crippen LogP contribution is -2.24. The summed E-state index contributed by atoms with van der Waals surface area (Å²) >= 11 is 2.32. The Hall–Kier alpha value is -4.30. The van der Waals surface area contributed by atoms with Gasteiger partial charge in [-0.15, -0.1) is 0 Å². The van der Waals surface area contributed by atoms with Crippen LogP contribution in [0.15, 0.2) is 114 Å². The summed E-state index contributed by atoms with van der Waals surface area (Å²) in [6.07, 6.45) is 10.3. The van der Waals surface area contributed by atoms with Crippen molar-refractivity contribution in [1.82, 2.24) is 4.98 Å². The molecule has 4 aliphatic rings. The number of benzene rings is 2. The first-order valence-electron chi connectivity index (χ1n) is 14.8. The van der Waals surface area contributed by atoms with Gasteiger partial charge in [0.25, 0.3) is 0 Å². The first-order chi connectivity index (χ1) is 21.0. The monoisotopic (exact) mass is 688 g/mol. The van der Waals surface area contributed by atoms with E-state index in [-0.39, 0.29) is 5.76 Å². The third kappa shape index (κ3) is 4.63. The molecule has 2 N–H and O–H groups in total. The highest BCUT2D eigenvalue weighted by Gasteiger charge is 2.39. The molecule has 218 valence electrons. The van der Waals surface area contributed by atoms with Crippen LogP contribution < -0.4 is 10.7 Å². The summed E-state index contributed by atoms with van der Waals surface area (Å²) in [5.74, 6) is 0.247. The summed E-state index contributed by atoms with van der Waals surface area (Å²) in [7, 11) is 0. The number of aliphatic hydroxyl groups excluding tert-OH is 1. The van der Waals surface area contributed by atoms with Crippen LogP contribution in [-0.2, 0) is 0 Å². The predicted molar refractivity (Wildman–Crippen MR) is 191 cm³/mol. The van der Waals surface area contributed by atoms with E-state index in [0.29, 0.717) is 5.70 Å². The highest BCUT2D eigenvalue weighted by Crippen LogP contribution is 2.42. The van der Waals surface area contributed by atoms with Crippen LogP contribution in [0.3, 0.4) is 0 Å². The van der Waals surface area contributed by atoms with Crippen molar-refractivity contribution in [3.63, 3.8) is 0 Å². The molecule has 0 radical (unpaired) electrons. The van der Waals surface area contributed by atoms with Gasteiger partial charge in [0.15, 0.2) is 0 Å². The Kier molecular flexibility index (Phi) is 6.73. The number of aromatic amines is 1. The van der Waals surface area contributed by atoms with Gasteiger partial charge >= 0.3 is 0 Å². The van der Waals surface area contributed by atoms with Crippen LogP contribution in [-0.4, -0.2) is 27.2 Å². The summed E-state index contributed by atoms with van der Waals surface area (Å²) in [5, 5.41) is 13.2. The Labute approximate surface area is 271 Å². The molecule has 5 nitrogen and oxygen atoms in total. The number of aliphatic hydroxyl groups is 1. The number of nitrogens with one attached hydrogen (secondary N) is 1. The molecule has 0 amide bonds. The summed E-state index contributed by atoms with van der Waals surface area (Å²) in [5.41, 5.74) is 13.2. The van der Waals surface area contributed by atoms with Gasteiger partial charge in [0, 0.05) is 21.8 Å². The number of H-pyrrole nitrogens is 1. The van der Waals surface area contributed by atoms with E-state index in [1.54, 1.807) is 0 Å². The van der Waals surface area contributed by atoms with E-state index in [9.17, 15) is 5.11 Å². The van der Waals surface area contributed by atoms with Crippen LogP contribution in [0.5, 0.6) is 0 Å². The van der Waals surface area contributed by atoms with Crippen LogP contribution in [0.1, 0.15) is 47.2 Å². The molecule has 6 heteroatoms. The van der Waals surface area contributed by atoms with E-state index >= 15 is 0 Å². The summed E-state index contributed by atoms with van der Waals surface area (Å²) in [4.78, 5) is 19.1. The Balaban J connectivity index is 1.60. The Morgan fingerprint density at radius 1 is 0.705 bits per heavy atom. The van der Waals surface area contributed by atoms with Gasteiger partial charge in [-0.05, 0) is 129 Å². The third-order valence-electron chi connectivity index (χ3n) is 8.68. The second-order valence-corrected chi connectivity index (χ2v) is 13.5. The molecule has 0 aliphatic carbocycles. The second-order valence-electron chi connectivity index (χ2n) is 12.4. The Bertz CT molecular complexity index is 2150. The van der Waals surface area contributed by atoms with Crippen molar-refractivity contribution in [1.29, 1.82) is 0 Å².